The van der Waals surface area contributed by atoms with Crippen molar-refractivity contribution in [2.24, 2.45) is 28.4 Å². The Bertz CT molecular complexity index is 521. The minimum absolute atomic E-state index is 0. The Morgan fingerprint density at radius 2 is 1.47 bits per heavy atom. The van der Waals surface area contributed by atoms with E-state index >= 15 is 0 Å². The van der Waals surface area contributed by atoms with Crippen LogP contribution in [0, 0.1) is 29.6 Å². The summed E-state index contributed by atoms with van der Waals surface area (Å²) in [6.07, 6.45) is 2.85. The van der Waals surface area contributed by atoms with Gasteiger partial charge < -0.3 is 28.4 Å². The fourth-order valence-electron chi connectivity index (χ4n) is 2.91. The van der Waals surface area contributed by atoms with Crippen LogP contribution >= 0.6 is 0 Å². The first kappa shape index (κ1) is 38.5. The Balaban J connectivity index is -0.000000300. The molecule has 0 aliphatic rings. The zero-order chi connectivity index (χ0) is 25.4. The second-order valence-electron chi connectivity index (χ2n) is 9.97. The molecule has 192 valence electrons. The Kier molecular flexibility index (Phi) is 23.6. The van der Waals surface area contributed by atoms with E-state index in [1.807, 2.05) is 20.9 Å². The third kappa shape index (κ3) is 19.9. The molecule has 0 rings (SSSR count). The Hall–Kier alpha value is -0.782. The molecule has 0 aliphatic carbocycles. The summed E-state index contributed by atoms with van der Waals surface area (Å²) in [5.41, 5.74) is 4.69. The molecule has 0 bridgehead atoms. The summed E-state index contributed by atoms with van der Waals surface area (Å²) >= 11 is 0. The second kappa shape index (κ2) is 19.7. The van der Waals surface area contributed by atoms with E-state index in [0.29, 0.717) is 25.3 Å². The van der Waals surface area contributed by atoms with E-state index in [0.717, 1.165) is 20.0 Å². The molecule has 0 heterocycles. The molecule has 5 N–H and O–H groups in total. The first-order valence-electron chi connectivity index (χ1n) is 11.1. The molecule has 0 saturated heterocycles. The molecule has 0 spiro atoms. The number of nitrogens with one attached hydrogen (secondary N) is 2. The SMILES string of the molecule is CNC(CC(C)(C)CC(C)C)C(=O)NCCC(=O)C(C)C.CO.[CH2-]CC(C)(C)C(N)=O.[W]. The van der Waals surface area contributed by atoms with E-state index in [9.17, 15) is 14.4 Å². The molecule has 0 aromatic heterocycles. The van der Waals surface area contributed by atoms with Crippen molar-refractivity contribution in [1.29, 1.82) is 0 Å². The molecule has 7 nitrogen and oxygen atoms in total. The Labute approximate surface area is 211 Å². The van der Waals surface area contributed by atoms with E-state index in [1.54, 1.807) is 13.8 Å². The molecule has 2 amide bonds. The average Bonchev–Trinajstić information content (AvgIpc) is 2.66. The minimum atomic E-state index is -0.431. The number of ketones is 1. The van der Waals surface area contributed by atoms with Gasteiger partial charge in [-0.2, -0.15) is 6.42 Å². The largest absolute Gasteiger partial charge is 0.400 e. The van der Waals surface area contributed by atoms with Crippen LogP contribution in [-0.4, -0.2) is 49.4 Å². The van der Waals surface area contributed by atoms with E-state index < -0.39 is 5.41 Å². The standard InChI is InChI=1S/C17H34N2O2.C6H12NO.CH4O.W/c1-12(2)10-17(5,6)11-14(18-7)16(21)19-9-8-15(20)13(3)4;1-4-6(2,3)5(7)8;1-2;/h12-14,18H,8-11H2,1-7H3,(H,19,21);1,4H2,2-3H3,(H2,7,8);2H,1H3;/q;-1;;. The quantitative estimate of drug-likeness (QED) is 0.248. The molecule has 0 radical (unpaired) electrons. The van der Waals surface area contributed by atoms with Crippen molar-refractivity contribution in [2.75, 3.05) is 20.7 Å². The van der Waals surface area contributed by atoms with Crippen molar-refractivity contribution >= 4 is 17.6 Å². The summed E-state index contributed by atoms with van der Waals surface area (Å²) in [6, 6.07) is -0.201. The number of Topliss-reactive ketones (excluding diaryl/α,β-unsaturated/α-hetero) is 1. The van der Waals surface area contributed by atoms with Gasteiger partial charge >= 0.3 is 0 Å². The van der Waals surface area contributed by atoms with Crippen molar-refractivity contribution in [3.63, 3.8) is 0 Å². The average molecular weight is 629 g/mol. The van der Waals surface area contributed by atoms with Gasteiger partial charge in [0.2, 0.25) is 11.8 Å². The topological polar surface area (TPSA) is 122 Å². The summed E-state index contributed by atoms with van der Waals surface area (Å²) < 4.78 is 0. The van der Waals surface area contributed by atoms with Gasteiger partial charge in [-0.3, -0.25) is 14.4 Å². The van der Waals surface area contributed by atoms with Crippen LogP contribution in [0.15, 0.2) is 0 Å². The molecule has 32 heavy (non-hydrogen) atoms. The molecule has 0 aromatic carbocycles. The van der Waals surface area contributed by atoms with Gasteiger partial charge in [-0.15, -0.1) is 0 Å². The first-order valence-corrected chi connectivity index (χ1v) is 11.1. The molecule has 0 aliphatic heterocycles. The number of aliphatic hydroxyl groups is 1. The van der Waals surface area contributed by atoms with Crippen molar-refractivity contribution in [1.82, 2.24) is 10.6 Å². The maximum Gasteiger partial charge on any atom is 0.237 e. The molecule has 1 unspecified atom stereocenters. The van der Waals surface area contributed by atoms with Gasteiger partial charge in [-0.25, -0.2) is 0 Å². The molecule has 1 atom stereocenters. The van der Waals surface area contributed by atoms with Crippen molar-refractivity contribution in [2.45, 2.75) is 87.1 Å². The number of rotatable bonds is 12. The van der Waals surface area contributed by atoms with Crippen LogP contribution in [-0.2, 0) is 35.4 Å². The van der Waals surface area contributed by atoms with E-state index in [1.165, 1.54) is 0 Å². The molecular formula is C24H50N3O4W-. The number of carbonyl (C=O) groups excluding carboxylic acids is 3. The van der Waals surface area contributed by atoms with Gasteiger partial charge in [0.1, 0.15) is 5.78 Å². The van der Waals surface area contributed by atoms with Crippen molar-refractivity contribution in [3.8, 4) is 0 Å². The molecule has 0 saturated carbocycles. The summed E-state index contributed by atoms with van der Waals surface area (Å²) in [7, 11) is 2.81. The fraction of sp³-hybridized carbons (Fsp3) is 0.833. The van der Waals surface area contributed by atoms with Gasteiger partial charge in [0.15, 0.2) is 0 Å². The van der Waals surface area contributed by atoms with Gasteiger partial charge in [-0.05, 0) is 31.2 Å². The molecular weight excluding hydrogens is 578 g/mol. The van der Waals surface area contributed by atoms with Crippen LogP contribution in [0.25, 0.3) is 0 Å². The summed E-state index contributed by atoms with van der Waals surface area (Å²) in [5.74, 6) is 0.547. The van der Waals surface area contributed by atoms with Gasteiger partial charge in [-0.1, -0.05) is 55.4 Å². The van der Waals surface area contributed by atoms with Crippen LogP contribution in [0.1, 0.15) is 81.1 Å². The third-order valence-electron chi connectivity index (χ3n) is 4.99. The maximum absolute atomic E-state index is 12.2. The summed E-state index contributed by atoms with van der Waals surface area (Å²) in [6.45, 7) is 20.1. The zero-order valence-electron chi connectivity index (χ0n) is 22.1. The minimum Gasteiger partial charge on any atom is -0.400 e. The first-order chi connectivity index (χ1) is 14.1. The number of hydrogen-bond acceptors (Lipinski definition) is 5. The van der Waals surface area contributed by atoms with Crippen LogP contribution in [0.3, 0.4) is 0 Å². The van der Waals surface area contributed by atoms with Crippen molar-refractivity contribution < 1.29 is 40.6 Å². The molecule has 0 aromatic rings. The number of hydrogen-bond donors (Lipinski definition) is 4. The van der Waals surface area contributed by atoms with Gasteiger partial charge in [0, 0.05) is 52.5 Å². The number of amides is 2. The van der Waals surface area contributed by atoms with Crippen LogP contribution in [0.4, 0.5) is 0 Å². The normalized spacial score (nSPS) is 11.9. The predicted molar refractivity (Wildman–Crippen MR) is 129 cm³/mol. The van der Waals surface area contributed by atoms with Gasteiger partial charge in [0.05, 0.1) is 6.04 Å². The van der Waals surface area contributed by atoms with E-state index in [2.05, 4.69) is 45.3 Å². The maximum atomic E-state index is 12.2. The Morgan fingerprint density at radius 3 is 1.75 bits per heavy atom. The van der Waals surface area contributed by atoms with Crippen LogP contribution in [0.2, 0.25) is 0 Å². The number of nitrogens with two attached hydrogens (primary N) is 1. The molecule has 8 heteroatoms. The number of carbonyl (C=O) groups is 3. The number of aliphatic hydroxyl groups excluding tert-OH is 1. The predicted octanol–water partition coefficient (Wildman–Crippen LogP) is 3.10. The summed E-state index contributed by atoms with van der Waals surface area (Å²) in [4.78, 5) is 34.2. The Morgan fingerprint density at radius 1 is 1.00 bits per heavy atom. The summed E-state index contributed by atoms with van der Waals surface area (Å²) in [5, 5.41) is 13.0. The second-order valence-corrected chi connectivity index (χ2v) is 9.97. The number of likely N-dealkylation sites (N-methyl/N-ethyl adjacent to an activating group) is 1. The van der Waals surface area contributed by atoms with Crippen molar-refractivity contribution in [3.05, 3.63) is 6.92 Å². The third-order valence-corrected chi connectivity index (χ3v) is 4.99. The monoisotopic (exact) mass is 628 g/mol. The van der Waals surface area contributed by atoms with Crippen LogP contribution in [0.5, 0.6) is 0 Å². The van der Waals surface area contributed by atoms with E-state index in [4.69, 9.17) is 10.8 Å². The van der Waals surface area contributed by atoms with Crippen LogP contribution < -0.4 is 16.4 Å². The van der Waals surface area contributed by atoms with Gasteiger partial charge in [0.25, 0.3) is 0 Å². The zero-order valence-corrected chi connectivity index (χ0v) is 25.1. The van der Waals surface area contributed by atoms with E-state index in [-0.39, 0.29) is 56.0 Å². The fourth-order valence-corrected chi connectivity index (χ4v) is 2.91. The number of primary amides is 1. The molecule has 0 fully saturated rings. The smallest absolute Gasteiger partial charge is 0.237 e.